The average Bonchev–Trinajstić information content (AvgIpc) is 2.41. The Kier molecular flexibility index (Phi) is 4.38. The van der Waals surface area contributed by atoms with Crippen LogP contribution in [-0.4, -0.2) is 16.5 Å². The van der Waals surface area contributed by atoms with Gasteiger partial charge in [0.25, 0.3) is 0 Å². The van der Waals surface area contributed by atoms with Gasteiger partial charge in [0.1, 0.15) is 5.82 Å². The summed E-state index contributed by atoms with van der Waals surface area (Å²) in [5, 5.41) is 3.34. The van der Waals surface area contributed by atoms with Crippen molar-refractivity contribution in [1.29, 1.82) is 0 Å². The second-order valence-corrected chi connectivity index (χ2v) is 5.17. The zero-order valence-corrected chi connectivity index (χ0v) is 13.0. The molecule has 20 heavy (non-hydrogen) atoms. The summed E-state index contributed by atoms with van der Waals surface area (Å²) in [5.74, 6) is 1.77. The van der Waals surface area contributed by atoms with Gasteiger partial charge in [-0.2, -0.15) is 0 Å². The second kappa shape index (κ2) is 6.04. The van der Waals surface area contributed by atoms with Crippen molar-refractivity contribution in [2.75, 3.05) is 11.9 Å². The van der Waals surface area contributed by atoms with Crippen LogP contribution in [0.15, 0.2) is 18.2 Å². The summed E-state index contributed by atoms with van der Waals surface area (Å²) < 4.78 is 0. The van der Waals surface area contributed by atoms with Gasteiger partial charge < -0.3 is 5.32 Å². The molecule has 0 bridgehead atoms. The summed E-state index contributed by atoms with van der Waals surface area (Å²) in [6.45, 7) is 11.4. The first-order valence-corrected chi connectivity index (χ1v) is 7.25. The molecule has 0 atom stereocenters. The lowest BCUT2D eigenvalue weighted by Crippen LogP contribution is -2.08. The average molecular weight is 269 g/mol. The predicted octanol–water partition coefficient (Wildman–Crippen LogP) is 4.06. The molecular formula is C17H23N3. The molecular weight excluding hydrogens is 246 g/mol. The van der Waals surface area contributed by atoms with Gasteiger partial charge in [-0.15, -0.1) is 0 Å². The number of aryl methyl sites for hydroxylation is 3. The summed E-state index contributed by atoms with van der Waals surface area (Å²) in [6.07, 6.45) is 0.921. The van der Waals surface area contributed by atoms with Crippen molar-refractivity contribution in [3.8, 4) is 11.4 Å². The van der Waals surface area contributed by atoms with E-state index in [1.807, 2.05) is 0 Å². The molecule has 3 nitrogen and oxygen atoms in total. The molecule has 1 aromatic heterocycles. The number of nitrogens with one attached hydrogen (secondary N) is 1. The van der Waals surface area contributed by atoms with Crippen molar-refractivity contribution in [3.05, 3.63) is 40.6 Å². The monoisotopic (exact) mass is 269 g/mol. The lowest BCUT2D eigenvalue weighted by Gasteiger charge is -2.13. The molecule has 0 radical (unpaired) electrons. The number of hydrogen-bond donors (Lipinski definition) is 1. The second-order valence-electron chi connectivity index (χ2n) is 5.17. The van der Waals surface area contributed by atoms with Crippen molar-refractivity contribution in [2.24, 2.45) is 0 Å². The third-order valence-electron chi connectivity index (χ3n) is 3.55. The molecule has 3 heteroatoms. The SMILES string of the molecule is CCNc1nc(-c2ccc(C)cc2C)nc(CC)c1C. The highest BCUT2D eigenvalue weighted by Crippen LogP contribution is 2.25. The lowest BCUT2D eigenvalue weighted by molar-refractivity contribution is 0.969. The zero-order chi connectivity index (χ0) is 14.7. The molecule has 1 heterocycles. The van der Waals surface area contributed by atoms with Gasteiger partial charge in [-0.3, -0.25) is 0 Å². The van der Waals surface area contributed by atoms with Crippen molar-refractivity contribution in [1.82, 2.24) is 9.97 Å². The molecule has 1 aromatic carbocycles. The number of hydrogen-bond acceptors (Lipinski definition) is 3. The summed E-state index contributed by atoms with van der Waals surface area (Å²) in [4.78, 5) is 9.45. The molecule has 1 N–H and O–H groups in total. The van der Waals surface area contributed by atoms with E-state index < -0.39 is 0 Å². The van der Waals surface area contributed by atoms with Gasteiger partial charge in [0.2, 0.25) is 0 Å². The van der Waals surface area contributed by atoms with E-state index in [1.54, 1.807) is 0 Å². The predicted molar refractivity (Wildman–Crippen MR) is 85.2 cm³/mol. The first-order valence-electron chi connectivity index (χ1n) is 7.25. The van der Waals surface area contributed by atoms with Crippen LogP contribution in [0.4, 0.5) is 5.82 Å². The molecule has 2 aromatic rings. The topological polar surface area (TPSA) is 37.8 Å². The fourth-order valence-electron chi connectivity index (χ4n) is 2.43. The summed E-state index contributed by atoms with van der Waals surface area (Å²) >= 11 is 0. The third-order valence-corrected chi connectivity index (χ3v) is 3.55. The Morgan fingerprint density at radius 1 is 1.05 bits per heavy atom. The van der Waals surface area contributed by atoms with Gasteiger partial charge >= 0.3 is 0 Å². The maximum atomic E-state index is 4.74. The minimum absolute atomic E-state index is 0.820. The van der Waals surface area contributed by atoms with E-state index in [2.05, 4.69) is 58.1 Å². The van der Waals surface area contributed by atoms with Crippen LogP contribution in [0, 0.1) is 20.8 Å². The van der Waals surface area contributed by atoms with Crippen LogP contribution in [0.25, 0.3) is 11.4 Å². The molecule has 0 aliphatic carbocycles. The number of benzene rings is 1. The zero-order valence-electron chi connectivity index (χ0n) is 13.0. The molecule has 0 fully saturated rings. The van der Waals surface area contributed by atoms with Crippen LogP contribution in [0.1, 0.15) is 36.2 Å². The van der Waals surface area contributed by atoms with Gasteiger partial charge in [0.05, 0.1) is 0 Å². The maximum Gasteiger partial charge on any atom is 0.162 e. The number of aromatic nitrogens is 2. The van der Waals surface area contributed by atoms with Crippen LogP contribution in [0.3, 0.4) is 0 Å². The minimum atomic E-state index is 0.820. The standard InChI is InChI=1S/C17H23N3/c1-6-15-13(5)16(18-7-2)20-17(19-15)14-9-8-11(3)10-12(14)4/h8-10H,6-7H2,1-5H3,(H,18,19,20). The fraction of sp³-hybridized carbons (Fsp3) is 0.412. The van der Waals surface area contributed by atoms with Crippen molar-refractivity contribution in [2.45, 2.75) is 41.0 Å². The number of anilines is 1. The van der Waals surface area contributed by atoms with Gasteiger partial charge in [0, 0.05) is 23.4 Å². The Bertz CT molecular complexity index is 618. The van der Waals surface area contributed by atoms with E-state index in [0.29, 0.717) is 0 Å². The molecule has 0 unspecified atom stereocenters. The molecule has 106 valence electrons. The van der Waals surface area contributed by atoms with Gasteiger partial charge in [-0.25, -0.2) is 9.97 Å². The van der Waals surface area contributed by atoms with Gasteiger partial charge in [0.15, 0.2) is 5.82 Å². The van der Waals surface area contributed by atoms with Crippen LogP contribution in [0.5, 0.6) is 0 Å². The minimum Gasteiger partial charge on any atom is -0.370 e. The molecule has 0 spiro atoms. The molecule has 2 rings (SSSR count). The van der Waals surface area contributed by atoms with E-state index >= 15 is 0 Å². The molecule has 0 saturated carbocycles. The number of rotatable bonds is 4. The Labute approximate surface area is 121 Å². The van der Waals surface area contributed by atoms with Crippen molar-refractivity contribution >= 4 is 5.82 Å². The smallest absolute Gasteiger partial charge is 0.162 e. The summed E-state index contributed by atoms with van der Waals surface area (Å²) in [5.41, 5.74) is 5.87. The Morgan fingerprint density at radius 3 is 2.40 bits per heavy atom. The summed E-state index contributed by atoms with van der Waals surface area (Å²) in [6, 6.07) is 6.41. The maximum absolute atomic E-state index is 4.74. The van der Waals surface area contributed by atoms with E-state index in [4.69, 9.17) is 9.97 Å². The highest BCUT2D eigenvalue weighted by Gasteiger charge is 2.12. The molecule has 0 saturated heterocycles. The quantitative estimate of drug-likeness (QED) is 0.909. The Hall–Kier alpha value is -1.90. The van der Waals surface area contributed by atoms with E-state index in [9.17, 15) is 0 Å². The van der Waals surface area contributed by atoms with Crippen LogP contribution in [-0.2, 0) is 6.42 Å². The third kappa shape index (κ3) is 2.82. The van der Waals surface area contributed by atoms with E-state index in [1.165, 1.54) is 11.1 Å². The highest BCUT2D eigenvalue weighted by molar-refractivity contribution is 5.63. The summed E-state index contributed by atoms with van der Waals surface area (Å²) in [7, 11) is 0. The van der Waals surface area contributed by atoms with E-state index in [-0.39, 0.29) is 0 Å². The van der Waals surface area contributed by atoms with Gasteiger partial charge in [-0.05, 0) is 39.7 Å². The first-order chi connectivity index (χ1) is 9.56. The number of nitrogens with zero attached hydrogens (tertiary/aromatic N) is 2. The van der Waals surface area contributed by atoms with Crippen molar-refractivity contribution in [3.63, 3.8) is 0 Å². The largest absolute Gasteiger partial charge is 0.370 e. The lowest BCUT2D eigenvalue weighted by atomic mass is 10.0. The van der Waals surface area contributed by atoms with Crippen LogP contribution < -0.4 is 5.32 Å². The Balaban J connectivity index is 2.58. The van der Waals surface area contributed by atoms with E-state index in [0.717, 1.165) is 41.4 Å². The molecule has 0 amide bonds. The molecule has 0 aliphatic heterocycles. The van der Waals surface area contributed by atoms with Gasteiger partial charge in [-0.1, -0.05) is 30.7 Å². The Morgan fingerprint density at radius 2 is 1.80 bits per heavy atom. The molecule has 0 aliphatic rings. The fourth-order valence-corrected chi connectivity index (χ4v) is 2.43. The highest BCUT2D eigenvalue weighted by atomic mass is 15.0. The first kappa shape index (κ1) is 14.5. The van der Waals surface area contributed by atoms with Crippen molar-refractivity contribution < 1.29 is 0 Å². The van der Waals surface area contributed by atoms with Crippen LogP contribution >= 0.6 is 0 Å². The van der Waals surface area contributed by atoms with Crippen LogP contribution in [0.2, 0.25) is 0 Å². The normalized spacial score (nSPS) is 10.7.